The minimum absolute atomic E-state index is 0.718. The van der Waals surface area contributed by atoms with Gasteiger partial charge in [0.15, 0.2) is 0 Å². The molecule has 1 N–H and O–H groups in total. The number of aromatic nitrogens is 2. The van der Waals surface area contributed by atoms with Crippen LogP contribution in [0.1, 0.15) is 18.4 Å². The Balaban J connectivity index is 2.11. The van der Waals surface area contributed by atoms with Crippen LogP contribution in [0.4, 0.5) is 0 Å². The van der Waals surface area contributed by atoms with Crippen LogP contribution in [0.2, 0.25) is 0 Å². The second kappa shape index (κ2) is 2.66. The SMILES string of the molecule is CCn1cc(C2CNC2)cn1. The van der Waals surface area contributed by atoms with Gasteiger partial charge in [0.25, 0.3) is 0 Å². The van der Waals surface area contributed by atoms with E-state index in [9.17, 15) is 0 Å². The molecule has 1 aliphatic heterocycles. The monoisotopic (exact) mass is 151 g/mol. The van der Waals surface area contributed by atoms with Gasteiger partial charge in [0.2, 0.25) is 0 Å². The molecule has 3 heteroatoms. The molecule has 1 aliphatic rings. The van der Waals surface area contributed by atoms with Crippen molar-refractivity contribution in [1.29, 1.82) is 0 Å². The van der Waals surface area contributed by atoms with Crippen LogP contribution in [0, 0.1) is 0 Å². The fourth-order valence-corrected chi connectivity index (χ4v) is 1.29. The lowest BCUT2D eigenvalue weighted by atomic mass is 9.97. The zero-order valence-electron chi connectivity index (χ0n) is 6.75. The summed E-state index contributed by atoms with van der Waals surface area (Å²) in [6, 6.07) is 0. The molecule has 0 aromatic carbocycles. The second-order valence-corrected chi connectivity index (χ2v) is 2.98. The Morgan fingerprint density at radius 2 is 2.55 bits per heavy atom. The molecule has 0 amide bonds. The Labute approximate surface area is 66.4 Å². The van der Waals surface area contributed by atoms with Crippen molar-refractivity contribution < 1.29 is 0 Å². The Morgan fingerprint density at radius 3 is 3.00 bits per heavy atom. The molecule has 1 aromatic heterocycles. The van der Waals surface area contributed by atoms with E-state index in [4.69, 9.17) is 0 Å². The van der Waals surface area contributed by atoms with Crippen LogP contribution in [-0.4, -0.2) is 22.9 Å². The Kier molecular flexibility index (Phi) is 1.66. The molecule has 1 aromatic rings. The van der Waals surface area contributed by atoms with Gasteiger partial charge in [0, 0.05) is 31.7 Å². The first kappa shape index (κ1) is 6.85. The molecule has 0 saturated carbocycles. The van der Waals surface area contributed by atoms with Crippen molar-refractivity contribution in [2.24, 2.45) is 0 Å². The summed E-state index contributed by atoms with van der Waals surface area (Å²) in [5.74, 6) is 0.718. The van der Waals surface area contributed by atoms with Crippen molar-refractivity contribution in [3.63, 3.8) is 0 Å². The molecule has 0 spiro atoms. The second-order valence-electron chi connectivity index (χ2n) is 2.98. The summed E-state index contributed by atoms with van der Waals surface area (Å²) in [5, 5.41) is 7.48. The molecule has 1 saturated heterocycles. The number of aryl methyl sites for hydroxylation is 1. The first-order valence-corrected chi connectivity index (χ1v) is 4.13. The zero-order valence-corrected chi connectivity index (χ0v) is 6.75. The fraction of sp³-hybridized carbons (Fsp3) is 0.625. The molecule has 0 radical (unpaired) electrons. The molecule has 11 heavy (non-hydrogen) atoms. The first-order valence-electron chi connectivity index (χ1n) is 4.13. The van der Waals surface area contributed by atoms with Gasteiger partial charge >= 0.3 is 0 Å². The van der Waals surface area contributed by atoms with Gasteiger partial charge in [-0.2, -0.15) is 5.10 Å². The van der Waals surface area contributed by atoms with Crippen molar-refractivity contribution >= 4 is 0 Å². The predicted octanol–water partition coefficient (Wildman–Crippen LogP) is 0.590. The van der Waals surface area contributed by atoms with Crippen molar-refractivity contribution in [1.82, 2.24) is 15.1 Å². The van der Waals surface area contributed by atoms with Crippen LogP contribution in [-0.2, 0) is 6.54 Å². The molecule has 0 bridgehead atoms. The smallest absolute Gasteiger partial charge is 0.0525 e. The summed E-state index contributed by atoms with van der Waals surface area (Å²) in [5.41, 5.74) is 1.38. The topological polar surface area (TPSA) is 29.9 Å². The predicted molar refractivity (Wildman–Crippen MR) is 43.5 cm³/mol. The first-order chi connectivity index (χ1) is 5.40. The fourth-order valence-electron chi connectivity index (χ4n) is 1.29. The summed E-state index contributed by atoms with van der Waals surface area (Å²) in [6.07, 6.45) is 4.13. The lowest BCUT2D eigenvalue weighted by Crippen LogP contribution is -2.39. The van der Waals surface area contributed by atoms with Gasteiger partial charge in [0.1, 0.15) is 0 Å². The van der Waals surface area contributed by atoms with Gasteiger partial charge in [-0.1, -0.05) is 0 Å². The Morgan fingerprint density at radius 1 is 1.73 bits per heavy atom. The highest BCUT2D eigenvalue weighted by molar-refractivity contribution is 5.15. The van der Waals surface area contributed by atoms with E-state index in [1.807, 2.05) is 10.9 Å². The molecule has 0 unspecified atom stereocenters. The minimum atomic E-state index is 0.718. The Hall–Kier alpha value is -0.830. The van der Waals surface area contributed by atoms with Crippen LogP contribution >= 0.6 is 0 Å². The van der Waals surface area contributed by atoms with Gasteiger partial charge in [-0.3, -0.25) is 4.68 Å². The largest absolute Gasteiger partial charge is 0.315 e. The zero-order chi connectivity index (χ0) is 7.68. The number of hydrogen-bond acceptors (Lipinski definition) is 2. The average molecular weight is 151 g/mol. The maximum atomic E-state index is 4.23. The molecule has 1 fully saturated rings. The van der Waals surface area contributed by atoms with Crippen LogP contribution < -0.4 is 5.32 Å². The van der Waals surface area contributed by atoms with Gasteiger partial charge in [0.05, 0.1) is 6.20 Å². The molecule has 0 aliphatic carbocycles. The molecule has 2 heterocycles. The maximum absolute atomic E-state index is 4.23. The van der Waals surface area contributed by atoms with E-state index in [2.05, 4.69) is 23.5 Å². The third-order valence-corrected chi connectivity index (χ3v) is 2.23. The number of hydrogen-bond donors (Lipinski definition) is 1. The van der Waals surface area contributed by atoms with Crippen molar-refractivity contribution in [2.75, 3.05) is 13.1 Å². The number of nitrogens with zero attached hydrogens (tertiary/aromatic N) is 2. The van der Waals surface area contributed by atoms with E-state index in [0.29, 0.717) is 0 Å². The molecule has 3 nitrogen and oxygen atoms in total. The van der Waals surface area contributed by atoms with Gasteiger partial charge in [-0.05, 0) is 12.5 Å². The standard InChI is InChI=1S/C8H13N3/c1-2-11-6-8(5-10-11)7-3-9-4-7/h5-7,9H,2-4H2,1H3. The van der Waals surface area contributed by atoms with E-state index in [-0.39, 0.29) is 0 Å². The molecular weight excluding hydrogens is 138 g/mol. The minimum Gasteiger partial charge on any atom is -0.315 e. The van der Waals surface area contributed by atoms with Crippen LogP contribution in [0.15, 0.2) is 12.4 Å². The quantitative estimate of drug-likeness (QED) is 0.670. The lowest BCUT2D eigenvalue weighted by molar-refractivity contribution is 0.448. The van der Waals surface area contributed by atoms with Crippen LogP contribution in [0.5, 0.6) is 0 Å². The highest BCUT2D eigenvalue weighted by Crippen LogP contribution is 2.18. The third kappa shape index (κ3) is 1.16. The van der Waals surface area contributed by atoms with Crippen molar-refractivity contribution in [3.8, 4) is 0 Å². The summed E-state index contributed by atoms with van der Waals surface area (Å²) < 4.78 is 1.98. The summed E-state index contributed by atoms with van der Waals surface area (Å²) in [6.45, 7) is 5.32. The Bertz CT molecular complexity index is 237. The van der Waals surface area contributed by atoms with Gasteiger partial charge in [-0.25, -0.2) is 0 Å². The third-order valence-electron chi connectivity index (χ3n) is 2.23. The molecule has 2 rings (SSSR count). The number of rotatable bonds is 2. The average Bonchev–Trinajstić information content (AvgIpc) is 2.32. The highest BCUT2D eigenvalue weighted by Gasteiger charge is 2.19. The van der Waals surface area contributed by atoms with Crippen molar-refractivity contribution in [2.45, 2.75) is 19.4 Å². The molecule has 60 valence electrons. The van der Waals surface area contributed by atoms with E-state index in [1.54, 1.807) is 0 Å². The lowest BCUT2D eigenvalue weighted by Gasteiger charge is -2.25. The van der Waals surface area contributed by atoms with E-state index in [0.717, 1.165) is 25.6 Å². The summed E-state index contributed by atoms with van der Waals surface area (Å²) >= 11 is 0. The van der Waals surface area contributed by atoms with Gasteiger partial charge < -0.3 is 5.32 Å². The van der Waals surface area contributed by atoms with Crippen LogP contribution in [0.3, 0.4) is 0 Å². The van der Waals surface area contributed by atoms with Crippen LogP contribution in [0.25, 0.3) is 0 Å². The highest BCUT2D eigenvalue weighted by atomic mass is 15.3. The van der Waals surface area contributed by atoms with E-state index < -0.39 is 0 Å². The number of nitrogens with one attached hydrogen (secondary N) is 1. The van der Waals surface area contributed by atoms with Crippen molar-refractivity contribution in [3.05, 3.63) is 18.0 Å². The van der Waals surface area contributed by atoms with Gasteiger partial charge in [-0.15, -0.1) is 0 Å². The molecular formula is C8H13N3. The van der Waals surface area contributed by atoms with E-state index in [1.165, 1.54) is 5.56 Å². The normalized spacial score (nSPS) is 18.3. The molecule has 0 atom stereocenters. The van der Waals surface area contributed by atoms with E-state index >= 15 is 0 Å². The summed E-state index contributed by atoms with van der Waals surface area (Å²) in [4.78, 5) is 0. The summed E-state index contributed by atoms with van der Waals surface area (Å²) in [7, 11) is 0. The maximum Gasteiger partial charge on any atom is 0.0525 e.